The SMILES string of the molecule is Cc1ccc2c(c1)CC1=C(C=C(NC(=O)N(CC(C)C)CC(C)C)CC1=O)S2. The number of ketones is 1. The molecule has 0 atom stereocenters. The molecule has 0 bridgehead atoms. The zero-order valence-electron chi connectivity index (χ0n) is 17.5. The maximum atomic E-state index is 12.8. The molecule has 5 heteroatoms. The summed E-state index contributed by atoms with van der Waals surface area (Å²) in [5.41, 5.74) is 4.01. The molecule has 1 heterocycles. The fourth-order valence-corrected chi connectivity index (χ4v) is 4.81. The predicted molar refractivity (Wildman–Crippen MR) is 115 cm³/mol. The van der Waals surface area contributed by atoms with Gasteiger partial charge < -0.3 is 10.2 Å². The van der Waals surface area contributed by atoms with Gasteiger partial charge in [0.25, 0.3) is 0 Å². The Hall–Kier alpha value is -2.01. The van der Waals surface area contributed by atoms with Crippen LogP contribution in [-0.2, 0) is 11.2 Å². The van der Waals surface area contributed by atoms with Gasteiger partial charge in [-0.2, -0.15) is 0 Å². The average Bonchev–Trinajstić information content (AvgIpc) is 2.59. The number of hydrogen-bond acceptors (Lipinski definition) is 3. The highest BCUT2D eigenvalue weighted by molar-refractivity contribution is 8.03. The molecule has 1 aromatic carbocycles. The molecule has 1 aromatic rings. The zero-order chi connectivity index (χ0) is 20.4. The van der Waals surface area contributed by atoms with E-state index in [4.69, 9.17) is 0 Å². The summed E-state index contributed by atoms with van der Waals surface area (Å²) in [6, 6.07) is 6.28. The molecule has 2 amide bonds. The van der Waals surface area contributed by atoms with E-state index in [0.717, 1.165) is 10.5 Å². The maximum absolute atomic E-state index is 12.8. The molecule has 2 aliphatic rings. The van der Waals surface area contributed by atoms with E-state index in [0.29, 0.717) is 37.0 Å². The first-order valence-corrected chi connectivity index (χ1v) is 10.8. The number of allylic oxidation sites excluding steroid dienone is 3. The van der Waals surface area contributed by atoms with E-state index in [9.17, 15) is 9.59 Å². The normalized spacial score (nSPS) is 16.1. The lowest BCUT2D eigenvalue weighted by Crippen LogP contribution is -2.44. The van der Waals surface area contributed by atoms with Gasteiger partial charge in [-0.3, -0.25) is 4.79 Å². The summed E-state index contributed by atoms with van der Waals surface area (Å²) in [6.45, 7) is 11.9. The van der Waals surface area contributed by atoms with Gasteiger partial charge in [0.05, 0.1) is 6.42 Å². The van der Waals surface area contributed by atoms with Gasteiger partial charge in [0, 0.05) is 40.6 Å². The Bertz CT molecular complexity index is 842. The Labute approximate surface area is 172 Å². The zero-order valence-corrected chi connectivity index (χ0v) is 18.3. The van der Waals surface area contributed by atoms with Crippen molar-refractivity contribution < 1.29 is 9.59 Å². The molecule has 0 unspecified atom stereocenters. The van der Waals surface area contributed by atoms with Gasteiger partial charge in [0.1, 0.15) is 0 Å². The fraction of sp³-hybridized carbons (Fsp3) is 0.478. The molecule has 0 radical (unpaired) electrons. The van der Waals surface area contributed by atoms with Gasteiger partial charge >= 0.3 is 6.03 Å². The van der Waals surface area contributed by atoms with Crippen LogP contribution in [-0.4, -0.2) is 29.8 Å². The number of thioether (sulfide) groups is 1. The van der Waals surface area contributed by atoms with Crippen LogP contribution < -0.4 is 5.32 Å². The van der Waals surface area contributed by atoms with E-state index in [-0.39, 0.29) is 18.2 Å². The summed E-state index contributed by atoms with van der Waals surface area (Å²) in [4.78, 5) is 29.6. The number of amides is 2. The second kappa shape index (κ2) is 8.56. The van der Waals surface area contributed by atoms with Crippen molar-refractivity contribution in [3.8, 4) is 0 Å². The topological polar surface area (TPSA) is 49.4 Å². The number of Topliss-reactive ketones (excluding diaryl/α,β-unsaturated/α-hetero) is 1. The summed E-state index contributed by atoms with van der Waals surface area (Å²) in [6.07, 6.45) is 2.94. The van der Waals surface area contributed by atoms with Crippen LogP contribution in [0.5, 0.6) is 0 Å². The minimum Gasteiger partial charge on any atom is -0.324 e. The molecule has 4 nitrogen and oxygen atoms in total. The lowest BCUT2D eigenvalue weighted by atomic mass is 9.93. The minimum atomic E-state index is -0.109. The molecular weight excluding hydrogens is 368 g/mol. The Morgan fingerprint density at radius 2 is 1.82 bits per heavy atom. The van der Waals surface area contributed by atoms with Crippen molar-refractivity contribution >= 4 is 23.6 Å². The molecule has 3 rings (SSSR count). The number of rotatable bonds is 5. The van der Waals surface area contributed by atoms with Crippen LogP contribution in [0, 0.1) is 18.8 Å². The van der Waals surface area contributed by atoms with Gasteiger partial charge in [-0.05, 0) is 36.5 Å². The number of hydrogen-bond donors (Lipinski definition) is 1. The summed E-state index contributed by atoms with van der Waals surface area (Å²) >= 11 is 1.63. The summed E-state index contributed by atoms with van der Waals surface area (Å²) in [5, 5.41) is 3.01. The smallest absolute Gasteiger partial charge is 0.321 e. The van der Waals surface area contributed by atoms with Crippen LogP contribution in [0.2, 0.25) is 0 Å². The molecule has 1 aliphatic carbocycles. The number of nitrogens with zero attached hydrogens (tertiary/aromatic N) is 1. The number of carbonyl (C=O) groups excluding carboxylic acids is 2. The number of urea groups is 1. The van der Waals surface area contributed by atoms with Crippen molar-refractivity contribution in [2.45, 2.75) is 52.4 Å². The fourth-order valence-electron chi connectivity index (χ4n) is 3.66. The van der Waals surface area contributed by atoms with Gasteiger partial charge in [0.15, 0.2) is 5.78 Å². The van der Waals surface area contributed by atoms with Crippen LogP contribution in [0.3, 0.4) is 0 Å². The lowest BCUT2D eigenvalue weighted by Gasteiger charge is -2.29. The second-order valence-corrected chi connectivity index (χ2v) is 9.71. The van der Waals surface area contributed by atoms with E-state index in [1.54, 1.807) is 11.8 Å². The van der Waals surface area contributed by atoms with Crippen LogP contribution in [0.1, 0.15) is 45.2 Å². The van der Waals surface area contributed by atoms with Gasteiger partial charge in [-0.25, -0.2) is 4.79 Å². The molecule has 1 N–H and O–H groups in total. The standard InChI is InChI=1S/C23H30N2O2S/c1-14(2)12-25(13-15(3)4)23(27)24-18-10-20(26)19-9-17-8-16(5)6-7-21(17)28-22(19)11-18/h6-8,11,14-15H,9-10,12-13H2,1-5H3,(H,24,27). The van der Waals surface area contributed by atoms with Crippen LogP contribution >= 0.6 is 11.8 Å². The third-order valence-electron chi connectivity index (χ3n) is 4.82. The van der Waals surface area contributed by atoms with E-state index in [1.165, 1.54) is 16.0 Å². The van der Waals surface area contributed by atoms with E-state index in [1.807, 2.05) is 11.0 Å². The predicted octanol–water partition coefficient (Wildman–Crippen LogP) is 5.08. The molecule has 1 aliphatic heterocycles. The molecule has 28 heavy (non-hydrogen) atoms. The Morgan fingerprint density at radius 3 is 2.46 bits per heavy atom. The number of aryl methyl sites for hydroxylation is 1. The highest BCUT2D eigenvalue weighted by Gasteiger charge is 2.28. The molecule has 0 saturated carbocycles. The van der Waals surface area contributed by atoms with Gasteiger partial charge in [0.2, 0.25) is 0 Å². The van der Waals surface area contributed by atoms with Crippen LogP contribution in [0.25, 0.3) is 0 Å². The van der Waals surface area contributed by atoms with Crippen molar-refractivity contribution in [3.63, 3.8) is 0 Å². The summed E-state index contributed by atoms with van der Waals surface area (Å²) < 4.78 is 0. The Kier molecular flexibility index (Phi) is 6.33. The first-order valence-electron chi connectivity index (χ1n) is 10.0. The summed E-state index contributed by atoms with van der Waals surface area (Å²) in [7, 11) is 0. The number of benzene rings is 1. The third-order valence-corrected chi connectivity index (χ3v) is 6.02. The largest absolute Gasteiger partial charge is 0.324 e. The van der Waals surface area contributed by atoms with Crippen molar-refractivity contribution in [2.75, 3.05) is 13.1 Å². The molecule has 0 aromatic heterocycles. The highest BCUT2D eigenvalue weighted by Crippen LogP contribution is 2.42. The van der Waals surface area contributed by atoms with Crippen molar-refractivity contribution in [2.24, 2.45) is 11.8 Å². The molecule has 0 saturated heterocycles. The Balaban J connectivity index is 1.77. The molecular formula is C23H30N2O2S. The van der Waals surface area contributed by atoms with Crippen LogP contribution in [0.15, 0.2) is 45.3 Å². The quantitative estimate of drug-likeness (QED) is 0.753. The monoisotopic (exact) mass is 398 g/mol. The van der Waals surface area contributed by atoms with E-state index in [2.05, 4.69) is 58.1 Å². The van der Waals surface area contributed by atoms with Crippen molar-refractivity contribution in [1.82, 2.24) is 10.2 Å². The van der Waals surface area contributed by atoms with Crippen molar-refractivity contribution in [3.05, 3.63) is 51.6 Å². The third kappa shape index (κ3) is 4.88. The maximum Gasteiger partial charge on any atom is 0.321 e. The molecule has 0 fully saturated rings. The first-order chi connectivity index (χ1) is 13.2. The lowest BCUT2D eigenvalue weighted by molar-refractivity contribution is -0.115. The van der Waals surface area contributed by atoms with Gasteiger partial charge in [-0.15, -0.1) is 0 Å². The van der Waals surface area contributed by atoms with E-state index < -0.39 is 0 Å². The number of nitrogens with one attached hydrogen (secondary N) is 1. The van der Waals surface area contributed by atoms with Crippen LogP contribution in [0.4, 0.5) is 4.79 Å². The highest BCUT2D eigenvalue weighted by atomic mass is 32.2. The van der Waals surface area contributed by atoms with Crippen molar-refractivity contribution in [1.29, 1.82) is 0 Å². The number of carbonyl (C=O) groups is 2. The summed E-state index contributed by atoms with van der Waals surface area (Å²) in [5.74, 6) is 0.913. The minimum absolute atomic E-state index is 0.109. The second-order valence-electron chi connectivity index (χ2n) is 8.63. The average molecular weight is 399 g/mol. The first kappa shape index (κ1) is 20.7. The molecule has 150 valence electrons. The number of fused-ring (bicyclic) bond motifs is 1. The Morgan fingerprint density at radius 1 is 1.14 bits per heavy atom. The van der Waals surface area contributed by atoms with E-state index >= 15 is 0 Å². The molecule has 0 spiro atoms. The van der Waals surface area contributed by atoms with Gasteiger partial charge in [-0.1, -0.05) is 57.2 Å².